The third kappa shape index (κ3) is 2.57. The van der Waals surface area contributed by atoms with Gasteiger partial charge in [-0.3, -0.25) is 14.4 Å². The van der Waals surface area contributed by atoms with Crippen molar-refractivity contribution in [3.05, 3.63) is 11.6 Å². The first-order valence-electron chi connectivity index (χ1n) is 13.8. The lowest BCUT2D eigenvalue weighted by atomic mass is 9.33. The summed E-state index contributed by atoms with van der Waals surface area (Å²) >= 11 is 0. The quantitative estimate of drug-likeness (QED) is 0.491. The molecule has 6 rings (SSSR count). The second-order valence-corrected chi connectivity index (χ2v) is 15.0. The van der Waals surface area contributed by atoms with E-state index in [1.807, 2.05) is 13.0 Å². The van der Waals surface area contributed by atoms with Gasteiger partial charge in [-0.05, 0) is 86.0 Å². The summed E-state index contributed by atoms with van der Waals surface area (Å²) in [6, 6.07) is 0. The van der Waals surface area contributed by atoms with Crippen LogP contribution in [0.1, 0.15) is 93.4 Å². The number of fused-ring (bicyclic) bond motifs is 9. The fourth-order valence-corrected chi connectivity index (χ4v) is 10.5. The summed E-state index contributed by atoms with van der Waals surface area (Å²) in [5.41, 5.74) is -0.702. The molecule has 0 amide bonds. The summed E-state index contributed by atoms with van der Waals surface area (Å²) in [5.74, 6) is -0.231. The molecule has 1 N–H and O–H groups in total. The van der Waals surface area contributed by atoms with Crippen LogP contribution in [0, 0.1) is 50.2 Å². The third-order valence-corrected chi connectivity index (χ3v) is 13.1. The van der Waals surface area contributed by atoms with E-state index in [1.165, 1.54) is 5.57 Å². The number of carbonyl (C=O) groups excluding carboxylic acids is 2. The van der Waals surface area contributed by atoms with Crippen LogP contribution < -0.4 is 0 Å². The number of ether oxygens (including phenoxy) is 1. The Kier molecular flexibility index (Phi) is 4.43. The van der Waals surface area contributed by atoms with Crippen LogP contribution >= 0.6 is 0 Å². The number of carboxylic acids is 1. The van der Waals surface area contributed by atoms with Gasteiger partial charge < -0.3 is 9.84 Å². The van der Waals surface area contributed by atoms with Gasteiger partial charge in [-0.15, -0.1) is 0 Å². The van der Waals surface area contributed by atoms with Crippen molar-refractivity contribution in [2.45, 2.75) is 106 Å². The van der Waals surface area contributed by atoms with Gasteiger partial charge in [0.15, 0.2) is 11.6 Å². The van der Waals surface area contributed by atoms with Crippen molar-refractivity contribution in [2.24, 2.45) is 50.2 Å². The van der Waals surface area contributed by atoms with Crippen LogP contribution in [0.5, 0.6) is 0 Å². The average molecular weight is 483 g/mol. The maximum Gasteiger partial charge on any atom is 0.309 e. The zero-order valence-corrected chi connectivity index (χ0v) is 22.5. The molecule has 0 spiro atoms. The second-order valence-electron chi connectivity index (χ2n) is 15.0. The molecule has 5 nitrogen and oxygen atoms in total. The molecule has 1 heterocycles. The van der Waals surface area contributed by atoms with Crippen molar-refractivity contribution in [1.82, 2.24) is 0 Å². The molecule has 1 saturated heterocycles. The summed E-state index contributed by atoms with van der Waals surface area (Å²) < 4.78 is 6.08. The topological polar surface area (TPSA) is 84.0 Å². The monoisotopic (exact) mass is 482 g/mol. The molecule has 0 bridgehead atoms. The average Bonchev–Trinajstić information content (AvgIpc) is 3.57. The van der Waals surface area contributed by atoms with Crippen molar-refractivity contribution in [2.75, 3.05) is 0 Å². The van der Waals surface area contributed by atoms with Crippen LogP contribution in [0.2, 0.25) is 0 Å². The molecule has 0 aromatic rings. The number of carbonyl (C=O) groups is 3. The fourth-order valence-electron chi connectivity index (χ4n) is 10.5. The first-order chi connectivity index (χ1) is 16.1. The van der Waals surface area contributed by atoms with Crippen molar-refractivity contribution >= 4 is 17.5 Å². The van der Waals surface area contributed by atoms with E-state index in [1.54, 1.807) is 0 Å². The van der Waals surface area contributed by atoms with Gasteiger partial charge in [0, 0.05) is 16.7 Å². The lowest BCUT2D eigenvalue weighted by Gasteiger charge is -2.69. The maximum atomic E-state index is 14.3. The third-order valence-electron chi connectivity index (χ3n) is 13.1. The molecule has 10 atom stereocenters. The summed E-state index contributed by atoms with van der Waals surface area (Å²) in [6.45, 7) is 15.3. The van der Waals surface area contributed by atoms with Crippen LogP contribution in [-0.2, 0) is 19.1 Å². The van der Waals surface area contributed by atoms with E-state index in [-0.39, 0.29) is 63.2 Å². The number of allylic oxidation sites excluding steroid dienone is 2. The van der Waals surface area contributed by atoms with Crippen molar-refractivity contribution in [3.8, 4) is 0 Å². The Morgan fingerprint density at radius 2 is 1.63 bits per heavy atom. The highest BCUT2D eigenvalue weighted by Crippen LogP contribution is 2.76. The van der Waals surface area contributed by atoms with E-state index in [0.29, 0.717) is 12.8 Å². The minimum Gasteiger partial charge on any atom is -0.481 e. The first kappa shape index (κ1) is 23.9. The van der Waals surface area contributed by atoms with Crippen LogP contribution in [0.25, 0.3) is 0 Å². The number of epoxide rings is 1. The van der Waals surface area contributed by atoms with Crippen LogP contribution in [0.4, 0.5) is 0 Å². The zero-order chi connectivity index (χ0) is 25.6. The second kappa shape index (κ2) is 6.49. The van der Waals surface area contributed by atoms with Crippen LogP contribution in [-0.4, -0.2) is 34.9 Å². The molecular formula is C30H42O5. The molecule has 4 saturated carbocycles. The molecular weight excluding hydrogens is 440 g/mol. The van der Waals surface area contributed by atoms with Crippen molar-refractivity contribution in [1.29, 1.82) is 0 Å². The van der Waals surface area contributed by atoms with Crippen molar-refractivity contribution in [3.63, 3.8) is 0 Å². The molecule has 5 heteroatoms. The zero-order valence-electron chi connectivity index (χ0n) is 22.5. The van der Waals surface area contributed by atoms with Crippen LogP contribution in [0.3, 0.4) is 0 Å². The highest BCUT2D eigenvalue weighted by atomic mass is 16.6. The molecule has 35 heavy (non-hydrogen) atoms. The predicted octanol–water partition coefficient (Wildman–Crippen LogP) is 5.61. The summed E-state index contributed by atoms with van der Waals surface area (Å²) in [6.07, 6.45) is 7.64. The molecule has 6 aliphatic rings. The van der Waals surface area contributed by atoms with Gasteiger partial charge in [0.25, 0.3) is 0 Å². The standard InChI is InChI=1S/C30H42O5/c1-25(2)19-8-9-29(6)21(30(19,7)23-20(35-23)22(25)32)18(31)14-16-17-15-27(4,24(33)34)11-10-26(17,3)12-13-28(16,29)5/h14,17,19-21,23H,8-13,15H2,1-7H3,(H,33,34)/t17?,19?,20-,21?,23-,26+,27-,28+,29+,30-/m0/s1. The Labute approximate surface area is 209 Å². The lowest BCUT2D eigenvalue weighted by molar-refractivity contribution is -0.185. The lowest BCUT2D eigenvalue weighted by Crippen LogP contribution is -2.68. The van der Waals surface area contributed by atoms with E-state index in [4.69, 9.17) is 4.74 Å². The largest absolute Gasteiger partial charge is 0.481 e. The molecule has 3 unspecified atom stereocenters. The summed E-state index contributed by atoms with van der Waals surface area (Å²) in [5, 5.41) is 10.1. The van der Waals surface area contributed by atoms with Crippen LogP contribution in [0.15, 0.2) is 11.6 Å². The molecule has 5 aliphatic carbocycles. The minimum absolute atomic E-state index is 0.0504. The van der Waals surface area contributed by atoms with Gasteiger partial charge >= 0.3 is 5.97 Å². The number of carboxylic acid groups (broad SMARTS) is 1. The maximum absolute atomic E-state index is 14.3. The van der Waals surface area contributed by atoms with Gasteiger partial charge in [0.05, 0.1) is 11.5 Å². The number of rotatable bonds is 1. The van der Waals surface area contributed by atoms with Gasteiger partial charge in [-0.1, -0.05) is 47.1 Å². The number of hydrogen-bond donors (Lipinski definition) is 1. The van der Waals surface area contributed by atoms with Gasteiger partial charge in [0.2, 0.25) is 0 Å². The number of ketones is 2. The Bertz CT molecular complexity index is 1090. The molecule has 1 aliphatic heterocycles. The van der Waals surface area contributed by atoms with Gasteiger partial charge in [-0.25, -0.2) is 0 Å². The smallest absolute Gasteiger partial charge is 0.309 e. The van der Waals surface area contributed by atoms with E-state index in [2.05, 4.69) is 41.5 Å². The van der Waals surface area contributed by atoms with Crippen molar-refractivity contribution < 1.29 is 24.2 Å². The van der Waals surface area contributed by atoms with E-state index >= 15 is 0 Å². The fraction of sp³-hybridized carbons (Fsp3) is 0.833. The SMILES string of the molecule is CC1(C)C(=O)[C@@H]2O[C@@H]2[C@@]2(C)C1CC[C@]1(C)C2C(=O)C=C2C3C[C@@](C)(C(=O)O)CC[C@]3(C)CC[C@]21C. The number of Topliss-reactive ketones (excluding diaryl/α,β-unsaturated/α-hetero) is 1. The predicted molar refractivity (Wildman–Crippen MR) is 131 cm³/mol. The number of hydrogen-bond acceptors (Lipinski definition) is 4. The molecule has 0 radical (unpaired) electrons. The minimum atomic E-state index is -0.740. The van der Waals surface area contributed by atoms with E-state index in [9.17, 15) is 19.5 Å². The Hall–Kier alpha value is -1.49. The van der Waals surface area contributed by atoms with E-state index < -0.39 is 16.8 Å². The first-order valence-corrected chi connectivity index (χ1v) is 13.8. The van der Waals surface area contributed by atoms with E-state index in [0.717, 1.165) is 32.1 Å². The Morgan fingerprint density at radius 1 is 0.971 bits per heavy atom. The summed E-state index contributed by atoms with van der Waals surface area (Å²) in [7, 11) is 0. The highest BCUT2D eigenvalue weighted by molar-refractivity contribution is 5.98. The Balaban J connectivity index is 1.48. The summed E-state index contributed by atoms with van der Waals surface area (Å²) in [4.78, 5) is 39.7. The van der Waals surface area contributed by atoms with Gasteiger partial charge in [-0.2, -0.15) is 0 Å². The molecule has 0 aromatic carbocycles. The molecule has 5 fully saturated rings. The normalized spacial score (nSPS) is 56.0. The highest BCUT2D eigenvalue weighted by Gasteiger charge is 2.77. The van der Waals surface area contributed by atoms with Gasteiger partial charge in [0.1, 0.15) is 6.10 Å². The molecule has 192 valence electrons. The Morgan fingerprint density at radius 3 is 2.29 bits per heavy atom. The molecule has 0 aromatic heterocycles. The number of aliphatic carboxylic acids is 1.